The number of nitrogens with zero attached hydrogens (tertiary/aromatic N) is 2. The lowest BCUT2D eigenvalue weighted by Gasteiger charge is -2.23. The normalized spacial score (nSPS) is 19.9. The number of carbonyl (C=O) groups is 1. The predicted molar refractivity (Wildman–Crippen MR) is 71.5 cm³/mol. The Labute approximate surface area is 107 Å². The SMILES string of the molecule is CCN1CCCC1CNc1ccc(C(N)=O)cn1. The zero-order chi connectivity index (χ0) is 13.0. The lowest BCUT2D eigenvalue weighted by Crippen LogP contribution is -2.34. The molecule has 1 aliphatic heterocycles. The number of rotatable bonds is 5. The maximum absolute atomic E-state index is 10.9. The number of likely N-dealkylation sites (tertiary alicyclic amines) is 1. The molecule has 2 heterocycles. The van der Waals surface area contributed by atoms with Gasteiger partial charge in [0.15, 0.2) is 0 Å². The molecule has 0 bridgehead atoms. The molecule has 0 aromatic carbocycles. The van der Waals surface area contributed by atoms with Crippen molar-refractivity contribution in [3.63, 3.8) is 0 Å². The number of hydrogen-bond acceptors (Lipinski definition) is 4. The highest BCUT2D eigenvalue weighted by Crippen LogP contribution is 2.17. The van der Waals surface area contributed by atoms with E-state index in [2.05, 4.69) is 22.1 Å². The van der Waals surface area contributed by atoms with Crippen LogP contribution in [0.15, 0.2) is 18.3 Å². The second kappa shape index (κ2) is 5.82. The van der Waals surface area contributed by atoms with Gasteiger partial charge in [-0.1, -0.05) is 6.92 Å². The molecule has 1 amide bonds. The van der Waals surface area contributed by atoms with Gasteiger partial charge in [-0.2, -0.15) is 0 Å². The number of nitrogens with two attached hydrogens (primary N) is 1. The van der Waals surface area contributed by atoms with Crippen LogP contribution in [0.3, 0.4) is 0 Å². The number of likely N-dealkylation sites (N-methyl/N-ethyl adjacent to an activating group) is 1. The maximum atomic E-state index is 10.9. The van der Waals surface area contributed by atoms with E-state index in [1.807, 2.05) is 0 Å². The molecule has 1 aromatic heterocycles. The Morgan fingerprint density at radius 1 is 1.61 bits per heavy atom. The topological polar surface area (TPSA) is 71.2 Å². The molecule has 0 aliphatic carbocycles. The van der Waals surface area contributed by atoms with Crippen LogP contribution in [-0.2, 0) is 0 Å². The molecule has 5 heteroatoms. The van der Waals surface area contributed by atoms with Crippen LogP contribution in [0.4, 0.5) is 5.82 Å². The van der Waals surface area contributed by atoms with Gasteiger partial charge in [0.2, 0.25) is 5.91 Å². The van der Waals surface area contributed by atoms with E-state index in [1.54, 1.807) is 12.1 Å². The van der Waals surface area contributed by atoms with E-state index in [0.29, 0.717) is 11.6 Å². The van der Waals surface area contributed by atoms with E-state index < -0.39 is 5.91 Å². The molecule has 98 valence electrons. The summed E-state index contributed by atoms with van der Waals surface area (Å²) in [6.07, 6.45) is 4.02. The van der Waals surface area contributed by atoms with Gasteiger partial charge in [-0.3, -0.25) is 9.69 Å². The van der Waals surface area contributed by atoms with Gasteiger partial charge in [0.05, 0.1) is 5.56 Å². The summed E-state index contributed by atoms with van der Waals surface area (Å²) in [5.41, 5.74) is 5.61. The van der Waals surface area contributed by atoms with Crippen molar-refractivity contribution in [2.45, 2.75) is 25.8 Å². The van der Waals surface area contributed by atoms with Crippen LogP contribution in [0, 0.1) is 0 Å². The van der Waals surface area contributed by atoms with Crippen molar-refractivity contribution < 1.29 is 4.79 Å². The Hall–Kier alpha value is -1.62. The quantitative estimate of drug-likeness (QED) is 0.818. The molecule has 0 saturated carbocycles. The lowest BCUT2D eigenvalue weighted by molar-refractivity contribution is 0.1000. The number of primary amides is 1. The highest BCUT2D eigenvalue weighted by atomic mass is 16.1. The summed E-state index contributed by atoms with van der Waals surface area (Å²) in [6.45, 7) is 5.38. The summed E-state index contributed by atoms with van der Waals surface area (Å²) in [5.74, 6) is 0.352. The molecule has 5 nitrogen and oxygen atoms in total. The number of anilines is 1. The Bertz CT molecular complexity index is 404. The number of carbonyl (C=O) groups excluding carboxylic acids is 1. The molecule has 18 heavy (non-hydrogen) atoms. The Morgan fingerprint density at radius 3 is 3.06 bits per heavy atom. The van der Waals surface area contributed by atoms with E-state index >= 15 is 0 Å². The average molecular weight is 248 g/mol. The lowest BCUT2D eigenvalue weighted by atomic mass is 10.2. The molecule has 0 spiro atoms. The van der Waals surface area contributed by atoms with Crippen LogP contribution >= 0.6 is 0 Å². The van der Waals surface area contributed by atoms with Crippen molar-refractivity contribution in [2.24, 2.45) is 5.73 Å². The summed E-state index contributed by atoms with van der Waals surface area (Å²) in [5, 5.41) is 3.31. The van der Waals surface area contributed by atoms with Crippen LogP contribution < -0.4 is 11.1 Å². The molecule has 1 saturated heterocycles. The van der Waals surface area contributed by atoms with Crippen molar-refractivity contribution in [3.8, 4) is 0 Å². The Morgan fingerprint density at radius 2 is 2.44 bits per heavy atom. The summed E-state index contributed by atoms with van der Waals surface area (Å²) in [6, 6.07) is 4.09. The first-order chi connectivity index (χ1) is 8.70. The van der Waals surface area contributed by atoms with Gasteiger partial charge in [0, 0.05) is 18.8 Å². The Kier molecular flexibility index (Phi) is 4.15. The van der Waals surface area contributed by atoms with Gasteiger partial charge in [-0.15, -0.1) is 0 Å². The first kappa shape index (κ1) is 12.8. The van der Waals surface area contributed by atoms with E-state index in [0.717, 1.165) is 18.9 Å². The van der Waals surface area contributed by atoms with Crippen LogP contribution in [-0.4, -0.2) is 41.5 Å². The minimum absolute atomic E-state index is 0.441. The fourth-order valence-electron chi connectivity index (χ4n) is 2.41. The van der Waals surface area contributed by atoms with Crippen molar-refractivity contribution in [1.82, 2.24) is 9.88 Å². The third kappa shape index (κ3) is 2.98. The fourth-order valence-corrected chi connectivity index (χ4v) is 2.41. The second-order valence-corrected chi connectivity index (χ2v) is 4.60. The van der Waals surface area contributed by atoms with Gasteiger partial charge in [0.1, 0.15) is 5.82 Å². The summed E-state index contributed by atoms with van der Waals surface area (Å²) in [4.78, 5) is 17.6. The predicted octanol–water partition coefficient (Wildman–Crippen LogP) is 1.08. The van der Waals surface area contributed by atoms with Crippen LogP contribution in [0.5, 0.6) is 0 Å². The third-order valence-electron chi connectivity index (χ3n) is 3.47. The van der Waals surface area contributed by atoms with Crippen molar-refractivity contribution in [1.29, 1.82) is 0 Å². The van der Waals surface area contributed by atoms with Gasteiger partial charge in [-0.05, 0) is 38.1 Å². The second-order valence-electron chi connectivity index (χ2n) is 4.60. The minimum atomic E-state index is -0.443. The number of nitrogens with one attached hydrogen (secondary N) is 1. The molecule has 1 aromatic rings. The van der Waals surface area contributed by atoms with Crippen molar-refractivity contribution >= 4 is 11.7 Å². The first-order valence-electron chi connectivity index (χ1n) is 6.44. The monoisotopic (exact) mass is 248 g/mol. The van der Waals surface area contributed by atoms with Crippen molar-refractivity contribution in [2.75, 3.05) is 25.0 Å². The summed E-state index contributed by atoms with van der Waals surface area (Å²) in [7, 11) is 0. The zero-order valence-corrected chi connectivity index (χ0v) is 10.7. The smallest absolute Gasteiger partial charge is 0.250 e. The number of amides is 1. The number of aromatic nitrogens is 1. The van der Waals surface area contributed by atoms with Gasteiger partial charge in [0.25, 0.3) is 0 Å². The summed E-state index contributed by atoms with van der Waals surface area (Å²) < 4.78 is 0. The molecule has 3 N–H and O–H groups in total. The summed E-state index contributed by atoms with van der Waals surface area (Å²) >= 11 is 0. The molecule has 1 atom stereocenters. The maximum Gasteiger partial charge on any atom is 0.250 e. The highest BCUT2D eigenvalue weighted by Gasteiger charge is 2.22. The van der Waals surface area contributed by atoms with Crippen LogP contribution in [0.1, 0.15) is 30.1 Å². The van der Waals surface area contributed by atoms with E-state index in [9.17, 15) is 4.79 Å². The fraction of sp³-hybridized carbons (Fsp3) is 0.538. The number of pyridine rings is 1. The van der Waals surface area contributed by atoms with E-state index in [-0.39, 0.29) is 0 Å². The number of hydrogen-bond donors (Lipinski definition) is 2. The van der Waals surface area contributed by atoms with Gasteiger partial charge >= 0.3 is 0 Å². The van der Waals surface area contributed by atoms with Crippen LogP contribution in [0.2, 0.25) is 0 Å². The first-order valence-corrected chi connectivity index (χ1v) is 6.44. The standard InChI is InChI=1S/C13H20N4O/c1-2-17-7-3-4-11(17)9-16-12-6-5-10(8-15-12)13(14)18/h5-6,8,11H,2-4,7,9H2,1H3,(H2,14,18)(H,15,16). The molecular formula is C13H20N4O. The zero-order valence-electron chi connectivity index (χ0n) is 10.7. The largest absolute Gasteiger partial charge is 0.369 e. The van der Waals surface area contributed by atoms with Gasteiger partial charge in [-0.25, -0.2) is 4.98 Å². The molecule has 0 radical (unpaired) electrons. The third-order valence-corrected chi connectivity index (χ3v) is 3.47. The van der Waals surface area contributed by atoms with E-state index in [4.69, 9.17) is 5.73 Å². The van der Waals surface area contributed by atoms with Gasteiger partial charge < -0.3 is 11.1 Å². The average Bonchev–Trinajstić information content (AvgIpc) is 2.84. The molecular weight excluding hydrogens is 228 g/mol. The molecule has 2 rings (SSSR count). The highest BCUT2D eigenvalue weighted by molar-refractivity contribution is 5.92. The molecule has 1 aliphatic rings. The van der Waals surface area contributed by atoms with E-state index in [1.165, 1.54) is 25.6 Å². The van der Waals surface area contributed by atoms with Crippen molar-refractivity contribution in [3.05, 3.63) is 23.9 Å². The minimum Gasteiger partial charge on any atom is -0.369 e. The Balaban J connectivity index is 1.88. The molecule has 1 fully saturated rings. The van der Waals surface area contributed by atoms with Crippen LogP contribution in [0.25, 0.3) is 0 Å². The molecule has 1 unspecified atom stereocenters.